The zero-order chi connectivity index (χ0) is 4.28. The van der Waals surface area contributed by atoms with Gasteiger partial charge in [-0.2, -0.15) is 5.26 Å². The Morgan fingerprint density at radius 3 is 1.67 bits per heavy atom. The summed E-state index contributed by atoms with van der Waals surface area (Å²) in [5.74, 6) is 0. The largest absolute Gasteiger partial charge is 0.196 e. The van der Waals surface area contributed by atoms with Crippen LogP contribution in [0.25, 0.3) is 0 Å². The average molecular weight is 292 g/mol. The molecule has 6 heavy (non-hydrogen) atoms. The van der Waals surface area contributed by atoms with E-state index in [4.69, 9.17) is 5.26 Å². The van der Waals surface area contributed by atoms with Crippen LogP contribution >= 0.6 is 31.9 Å². The Morgan fingerprint density at radius 2 is 1.67 bits per heavy atom. The van der Waals surface area contributed by atoms with Gasteiger partial charge in [0.1, 0.15) is 0 Å². The molecule has 0 unspecified atom stereocenters. The molecule has 0 atom stereocenters. The second kappa shape index (κ2) is 6.19. The van der Waals surface area contributed by atoms with Crippen molar-refractivity contribution in [1.29, 1.82) is 5.26 Å². The van der Waals surface area contributed by atoms with Crippen LogP contribution in [0.2, 0.25) is 0 Å². The number of hydrogen-bond donors (Lipinski definition) is 0. The Labute approximate surface area is 68.9 Å². The first-order valence-corrected chi connectivity index (χ1v) is 2.78. The predicted octanol–water partition coefficient (Wildman–Crippen LogP) is 1.62. The van der Waals surface area contributed by atoms with Gasteiger partial charge in [0.05, 0.1) is 6.07 Å². The summed E-state index contributed by atoms with van der Waals surface area (Å²) < 4.78 is -0.185. The van der Waals surface area contributed by atoms with Crippen LogP contribution in [0.1, 0.15) is 0 Å². The summed E-state index contributed by atoms with van der Waals surface area (Å²) in [6, 6.07) is 1.86. The number of nitrogens with zero attached hydrogens (tertiary/aromatic N) is 1. The van der Waals surface area contributed by atoms with Crippen LogP contribution in [-0.2, 0) is 22.4 Å². The molecule has 0 aliphatic rings. The maximum atomic E-state index is 7.80. The van der Waals surface area contributed by atoms with E-state index >= 15 is 0 Å². The van der Waals surface area contributed by atoms with Gasteiger partial charge in [0.2, 0.25) is 0 Å². The average Bonchev–Trinajstić information content (AvgIpc) is 1.38. The summed E-state index contributed by atoms with van der Waals surface area (Å²) in [5.41, 5.74) is 0. The molecule has 4 heteroatoms. The van der Waals surface area contributed by atoms with Crippen LogP contribution in [-0.4, -0.2) is 3.74 Å². The van der Waals surface area contributed by atoms with Crippen LogP contribution in [0.15, 0.2) is 0 Å². The first-order chi connectivity index (χ1) is 2.27. The van der Waals surface area contributed by atoms with Crippen molar-refractivity contribution >= 4 is 31.9 Å². The molecule has 0 amide bonds. The maximum absolute atomic E-state index is 7.80. The monoisotopic (exact) mass is 290 g/mol. The van der Waals surface area contributed by atoms with Gasteiger partial charge in [-0.05, 0) is 0 Å². The minimum atomic E-state index is -0.185. The van der Waals surface area contributed by atoms with Crippen LogP contribution in [0.5, 0.6) is 0 Å². The van der Waals surface area contributed by atoms with Crippen molar-refractivity contribution in [3.63, 3.8) is 0 Å². The number of alkyl halides is 2. The van der Waals surface area contributed by atoms with E-state index in [1.807, 2.05) is 6.07 Å². The van der Waals surface area contributed by atoms with Gasteiger partial charge < -0.3 is 0 Å². The number of rotatable bonds is 0. The van der Waals surface area contributed by atoms with E-state index in [0.717, 1.165) is 0 Å². The van der Waals surface area contributed by atoms with E-state index in [9.17, 15) is 0 Å². The first-order valence-electron chi connectivity index (χ1n) is 0.949. The zero-order valence-electron chi connectivity index (χ0n) is 2.73. The Balaban J connectivity index is 0. The number of halogens is 2. The molecule has 0 heterocycles. The SMILES string of the molecule is N#CC(Br)Br.[Nb]. The normalized spacial score (nSPS) is 6.33. The third-order valence-electron chi connectivity index (χ3n) is 0.0976. The summed E-state index contributed by atoms with van der Waals surface area (Å²) in [7, 11) is 0. The van der Waals surface area contributed by atoms with E-state index in [0.29, 0.717) is 0 Å². The molecule has 0 aromatic carbocycles. The van der Waals surface area contributed by atoms with Gasteiger partial charge in [0.15, 0.2) is 3.74 Å². The van der Waals surface area contributed by atoms with Crippen molar-refractivity contribution in [2.75, 3.05) is 0 Å². The Bertz CT molecular complexity index is 57.1. The molecule has 0 fully saturated rings. The minimum absolute atomic E-state index is 0. The molecule has 0 aromatic heterocycles. The Morgan fingerprint density at radius 1 is 1.50 bits per heavy atom. The van der Waals surface area contributed by atoms with Crippen LogP contribution in [0, 0.1) is 11.3 Å². The van der Waals surface area contributed by atoms with Crippen LogP contribution in [0.3, 0.4) is 0 Å². The van der Waals surface area contributed by atoms with Gasteiger partial charge in [0.25, 0.3) is 0 Å². The van der Waals surface area contributed by atoms with Crippen molar-refractivity contribution in [3.05, 3.63) is 0 Å². The van der Waals surface area contributed by atoms with Crippen molar-refractivity contribution in [3.8, 4) is 6.07 Å². The minimum Gasteiger partial charge on any atom is -0.196 e. The fraction of sp³-hybridized carbons (Fsp3) is 0.500. The van der Waals surface area contributed by atoms with Gasteiger partial charge in [-0.25, -0.2) is 0 Å². The number of hydrogen-bond acceptors (Lipinski definition) is 1. The second-order valence-corrected chi connectivity index (χ2v) is 3.49. The van der Waals surface area contributed by atoms with Gasteiger partial charge >= 0.3 is 0 Å². The molecular formula is C2HBr2NNb. The molecule has 0 N–H and O–H groups in total. The van der Waals surface area contributed by atoms with Crippen molar-refractivity contribution < 1.29 is 22.4 Å². The summed E-state index contributed by atoms with van der Waals surface area (Å²) in [6.07, 6.45) is 0. The maximum Gasteiger partial charge on any atom is 0.156 e. The molecule has 0 bridgehead atoms. The van der Waals surface area contributed by atoms with Gasteiger partial charge in [-0.3, -0.25) is 0 Å². The first kappa shape index (κ1) is 10.2. The molecule has 0 saturated carbocycles. The van der Waals surface area contributed by atoms with Crippen molar-refractivity contribution in [2.24, 2.45) is 0 Å². The summed E-state index contributed by atoms with van der Waals surface area (Å²) >= 11 is 5.86. The summed E-state index contributed by atoms with van der Waals surface area (Å²) in [4.78, 5) is 0. The van der Waals surface area contributed by atoms with Gasteiger partial charge in [-0.1, -0.05) is 31.9 Å². The van der Waals surface area contributed by atoms with Crippen LogP contribution < -0.4 is 0 Å². The van der Waals surface area contributed by atoms with Crippen molar-refractivity contribution in [2.45, 2.75) is 3.74 Å². The predicted molar refractivity (Wildman–Crippen MR) is 27.3 cm³/mol. The molecule has 0 saturated heterocycles. The molecule has 0 spiro atoms. The molecule has 0 aliphatic heterocycles. The molecule has 0 rings (SSSR count). The Kier molecular flexibility index (Phi) is 10.6. The van der Waals surface area contributed by atoms with Gasteiger partial charge in [0, 0.05) is 22.4 Å². The van der Waals surface area contributed by atoms with Crippen molar-refractivity contribution in [1.82, 2.24) is 0 Å². The Hall–Kier alpha value is 1.19. The standard InChI is InChI=1S/C2HBr2N.Nb/c3-2(4)1-5;/h2H;. The van der Waals surface area contributed by atoms with E-state index in [2.05, 4.69) is 31.9 Å². The van der Waals surface area contributed by atoms with E-state index in [-0.39, 0.29) is 26.1 Å². The zero-order valence-corrected chi connectivity index (χ0v) is 8.10. The molecule has 0 aromatic rings. The molecule has 1 nitrogen and oxygen atoms in total. The summed E-state index contributed by atoms with van der Waals surface area (Å²) in [6.45, 7) is 0. The fourth-order valence-corrected chi connectivity index (χ4v) is 0. The number of nitriles is 1. The fourth-order valence-electron chi connectivity index (χ4n) is 0. The molecular weight excluding hydrogens is 291 g/mol. The molecule has 0 aliphatic carbocycles. The second-order valence-electron chi connectivity index (χ2n) is 0.430. The molecule has 33 valence electrons. The quantitative estimate of drug-likeness (QED) is 0.491. The van der Waals surface area contributed by atoms with Gasteiger partial charge in [-0.15, -0.1) is 0 Å². The third-order valence-corrected chi connectivity index (χ3v) is 0.507. The summed E-state index contributed by atoms with van der Waals surface area (Å²) in [5, 5.41) is 7.80. The molecule has 1 radical (unpaired) electrons. The third kappa shape index (κ3) is 8.95. The smallest absolute Gasteiger partial charge is 0.156 e. The van der Waals surface area contributed by atoms with Crippen LogP contribution in [0.4, 0.5) is 0 Å². The van der Waals surface area contributed by atoms with E-state index in [1.54, 1.807) is 0 Å². The van der Waals surface area contributed by atoms with E-state index in [1.165, 1.54) is 0 Å². The van der Waals surface area contributed by atoms with E-state index < -0.39 is 0 Å². The topological polar surface area (TPSA) is 23.8 Å².